The first-order chi connectivity index (χ1) is 5.24. The molecule has 0 aliphatic carbocycles. The van der Waals surface area contributed by atoms with Crippen LogP contribution in [0.3, 0.4) is 0 Å². The van der Waals surface area contributed by atoms with Crippen molar-refractivity contribution in [2.45, 2.75) is 0 Å². The summed E-state index contributed by atoms with van der Waals surface area (Å²) in [5.41, 5.74) is 6.17. The number of nitrogens with one attached hydrogen (secondary N) is 1. The van der Waals surface area contributed by atoms with Gasteiger partial charge in [-0.1, -0.05) is 12.2 Å². The van der Waals surface area contributed by atoms with E-state index in [1.54, 1.807) is 6.20 Å². The summed E-state index contributed by atoms with van der Waals surface area (Å²) in [4.78, 5) is 4.41. The van der Waals surface area contributed by atoms with Crippen LogP contribution in [0, 0.1) is 0 Å². The van der Waals surface area contributed by atoms with Crippen molar-refractivity contribution >= 4 is 23.0 Å². The normalized spacial score (nSPS) is 9.18. The highest BCUT2D eigenvalue weighted by atomic mass is 32.1. The van der Waals surface area contributed by atoms with E-state index in [1.165, 1.54) is 0 Å². The van der Waals surface area contributed by atoms with E-state index < -0.39 is 0 Å². The van der Waals surface area contributed by atoms with E-state index in [9.17, 15) is 0 Å². The molecule has 0 fully saturated rings. The zero-order chi connectivity index (χ0) is 8.27. The Balaban J connectivity index is 2.91. The van der Waals surface area contributed by atoms with Crippen LogP contribution in [0.25, 0.3) is 0 Å². The lowest BCUT2D eigenvalue weighted by Crippen LogP contribution is -2.09. The lowest BCUT2D eigenvalue weighted by Gasteiger charge is -1.99. The maximum atomic E-state index is 5.38. The van der Waals surface area contributed by atoms with Gasteiger partial charge in [-0.25, -0.2) is 4.98 Å². The fourth-order valence-corrected chi connectivity index (χ4v) is 0.808. The maximum Gasteiger partial charge on any atom is 0.125 e. The Bertz CT molecular complexity index is 255. The minimum Gasteiger partial charge on any atom is -0.389 e. The molecule has 0 amide bonds. The molecule has 0 aliphatic rings. The van der Waals surface area contributed by atoms with Gasteiger partial charge < -0.3 is 11.1 Å². The number of hydrogen-bond acceptors (Lipinski definition) is 3. The van der Waals surface area contributed by atoms with Crippen molar-refractivity contribution < 1.29 is 0 Å². The first-order valence-corrected chi connectivity index (χ1v) is 3.58. The Morgan fingerprint density at radius 3 is 2.73 bits per heavy atom. The summed E-state index contributed by atoms with van der Waals surface area (Å²) in [5.74, 6) is 0.810. The number of anilines is 1. The largest absolute Gasteiger partial charge is 0.389 e. The molecule has 0 saturated heterocycles. The molecule has 0 radical (unpaired) electrons. The van der Waals surface area contributed by atoms with E-state index in [2.05, 4.69) is 10.3 Å². The molecule has 3 nitrogen and oxygen atoms in total. The minimum absolute atomic E-state index is 0.375. The zero-order valence-corrected chi connectivity index (χ0v) is 6.98. The zero-order valence-electron chi connectivity index (χ0n) is 6.16. The molecule has 4 heteroatoms. The van der Waals surface area contributed by atoms with Crippen molar-refractivity contribution in [1.29, 1.82) is 0 Å². The van der Waals surface area contributed by atoms with Gasteiger partial charge in [0.25, 0.3) is 0 Å². The summed E-state index contributed by atoms with van der Waals surface area (Å²) in [6, 6.07) is 3.66. The lowest BCUT2D eigenvalue weighted by atomic mass is 10.3. The van der Waals surface area contributed by atoms with Crippen molar-refractivity contribution in [2.24, 2.45) is 5.73 Å². The van der Waals surface area contributed by atoms with E-state index in [0.717, 1.165) is 11.4 Å². The van der Waals surface area contributed by atoms with Crippen LogP contribution in [0.5, 0.6) is 0 Å². The number of pyridine rings is 1. The second-order valence-corrected chi connectivity index (χ2v) is 2.49. The molecule has 1 heterocycles. The third-order valence-electron chi connectivity index (χ3n) is 1.30. The topological polar surface area (TPSA) is 50.9 Å². The van der Waals surface area contributed by atoms with Crippen LogP contribution in [0.15, 0.2) is 18.3 Å². The molecule has 0 aliphatic heterocycles. The summed E-state index contributed by atoms with van der Waals surface area (Å²) in [7, 11) is 1.81. The number of rotatable bonds is 2. The molecule has 1 rings (SSSR count). The second-order valence-electron chi connectivity index (χ2n) is 2.05. The quantitative estimate of drug-likeness (QED) is 0.638. The Labute approximate surface area is 70.6 Å². The van der Waals surface area contributed by atoms with Crippen molar-refractivity contribution in [3.8, 4) is 0 Å². The molecular formula is C7H9N3S. The van der Waals surface area contributed by atoms with Crippen LogP contribution in [0.2, 0.25) is 0 Å². The van der Waals surface area contributed by atoms with Gasteiger partial charge in [-0.05, 0) is 12.1 Å². The average molecular weight is 167 g/mol. The average Bonchev–Trinajstić information content (AvgIpc) is 2.05. The molecule has 0 bridgehead atoms. The van der Waals surface area contributed by atoms with E-state index in [1.807, 2.05) is 19.2 Å². The van der Waals surface area contributed by atoms with Crippen molar-refractivity contribution in [2.75, 3.05) is 12.4 Å². The van der Waals surface area contributed by atoms with Gasteiger partial charge in [0.15, 0.2) is 0 Å². The van der Waals surface area contributed by atoms with Crippen molar-refractivity contribution in [1.82, 2.24) is 4.98 Å². The highest BCUT2D eigenvalue weighted by molar-refractivity contribution is 7.80. The molecule has 0 atom stereocenters. The summed E-state index contributed by atoms with van der Waals surface area (Å²) < 4.78 is 0. The monoisotopic (exact) mass is 167 g/mol. The fourth-order valence-electron chi connectivity index (χ4n) is 0.688. The highest BCUT2D eigenvalue weighted by Crippen LogP contribution is 2.02. The van der Waals surface area contributed by atoms with Gasteiger partial charge in [-0.15, -0.1) is 0 Å². The summed E-state index contributed by atoms with van der Waals surface area (Å²) in [6.45, 7) is 0. The predicted octanol–water partition coefficient (Wildman–Crippen LogP) is 0.758. The van der Waals surface area contributed by atoms with Gasteiger partial charge in [0.05, 0.1) is 0 Å². The van der Waals surface area contributed by atoms with Crippen LogP contribution in [0.1, 0.15) is 5.56 Å². The number of aromatic nitrogens is 1. The van der Waals surface area contributed by atoms with Gasteiger partial charge >= 0.3 is 0 Å². The molecule has 3 N–H and O–H groups in total. The van der Waals surface area contributed by atoms with E-state index in [-0.39, 0.29) is 0 Å². The number of thiocarbonyl (C=S) groups is 1. The fraction of sp³-hybridized carbons (Fsp3) is 0.143. The first-order valence-electron chi connectivity index (χ1n) is 3.17. The van der Waals surface area contributed by atoms with Crippen molar-refractivity contribution in [3.63, 3.8) is 0 Å². The smallest absolute Gasteiger partial charge is 0.125 e. The predicted molar refractivity (Wildman–Crippen MR) is 49.7 cm³/mol. The standard InChI is InChI=1S/C7H9N3S/c1-9-6-3-2-5(4-10-6)7(8)11/h2-4H,1H3,(H2,8,11)(H,9,10). The Hall–Kier alpha value is -1.16. The maximum absolute atomic E-state index is 5.38. The third kappa shape index (κ3) is 1.88. The Morgan fingerprint density at radius 1 is 1.64 bits per heavy atom. The van der Waals surface area contributed by atoms with Crippen molar-refractivity contribution in [3.05, 3.63) is 23.9 Å². The lowest BCUT2D eigenvalue weighted by molar-refractivity contribution is 1.28. The first kappa shape index (κ1) is 7.94. The second kappa shape index (κ2) is 3.30. The molecule has 1 aromatic rings. The van der Waals surface area contributed by atoms with Gasteiger partial charge in [-0.2, -0.15) is 0 Å². The molecule has 0 saturated carbocycles. The van der Waals surface area contributed by atoms with Crippen LogP contribution >= 0.6 is 12.2 Å². The van der Waals surface area contributed by atoms with Crippen LogP contribution in [-0.4, -0.2) is 17.0 Å². The van der Waals surface area contributed by atoms with Gasteiger partial charge in [0.2, 0.25) is 0 Å². The molecule has 11 heavy (non-hydrogen) atoms. The molecular weight excluding hydrogens is 158 g/mol. The van der Waals surface area contributed by atoms with Crippen LogP contribution in [-0.2, 0) is 0 Å². The molecule has 0 spiro atoms. The summed E-state index contributed by atoms with van der Waals surface area (Å²) in [6.07, 6.45) is 1.65. The SMILES string of the molecule is CNc1ccc(C(N)=S)cn1. The number of nitrogens with two attached hydrogens (primary N) is 1. The van der Waals surface area contributed by atoms with E-state index in [0.29, 0.717) is 4.99 Å². The minimum atomic E-state index is 0.375. The van der Waals surface area contributed by atoms with E-state index in [4.69, 9.17) is 18.0 Å². The van der Waals surface area contributed by atoms with E-state index >= 15 is 0 Å². The van der Waals surface area contributed by atoms with Crippen LogP contribution < -0.4 is 11.1 Å². The number of hydrogen-bond donors (Lipinski definition) is 2. The summed E-state index contributed by atoms with van der Waals surface area (Å²) in [5, 5.41) is 2.90. The van der Waals surface area contributed by atoms with Crippen LogP contribution in [0.4, 0.5) is 5.82 Å². The van der Waals surface area contributed by atoms with Gasteiger partial charge in [0, 0.05) is 18.8 Å². The highest BCUT2D eigenvalue weighted by Gasteiger charge is 1.94. The van der Waals surface area contributed by atoms with Gasteiger partial charge in [-0.3, -0.25) is 0 Å². The summed E-state index contributed by atoms with van der Waals surface area (Å²) >= 11 is 4.76. The molecule has 58 valence electrons. The van der Waals surface area contributed by atoms with Gasteiger partial charge in [0.1, 0.15) is 10.8 Å². The number of nitrogens with zero attached hydrogens (tertiary/aromatic N) is 1. The Morgan fingerprint density at radius 2 is 2.36 bits per heavy atom. The third-order valence-corrected chi connectivity index (χ3v) is 1.54. The molecule has 0 aromatic carbocycles. The molecule has 1 aromatic heterocycles. The Kier molecular flexibility index (Phi) is 2.38. The molecule has 0 unspecified atom stereocenters.